The quantitative estimate of drug-likeness (QED) is 0.392. The highest BCUT2D eigenvalue weighted by molar-refractivity contribution is 9.10. The monoisotopic (exact) mass is 453 g/mol. The minimum Gasteiger partial charge on any atom is -0.492 e. The predicted molar refractivity (Wildman–Crippen MR) is 108 cm³/mol. The molecule has 1 aromatic heterocycles. The Morgan fingerprint density at radius 2 is 2.00 bits per heavy atom. The van der Waals surface area contributed by atoms with Gasteiger partial charge in [0, 0.05) is 22.5 Å². The van der Waals surface area contributed by atoms with Crippen molar-refractivity contribution in [3.8, 4) is 5.75 Å². The average Bonchev–Trinajstić information content (AvgIpc) is 3.12. The summed E-state index contributed by atoms with van der Waals surface area (Å²) in [6.07, 6.45) is 5.05. The second-order valence-corrected chi connectivity index (χ2v) is 7.60. The third-order valence-electron chi connectivity index (χ3n) is 4.07. The van der Waals surface area contributed by atoms with E-state index in [0.29, 0.717) is 23.2 Å². The molecule has 0 aliphatic heterocycles. The van der Waals surface area contributed by atoms with Crippen LogP contribution in [0, 0.1) is 0 Å². The van der Waals surface area contributed by atoms with Crippen molar-refractivity contribution in [3.63, 3.8) is 0 Å². The fourth-order valence-corrected chi connectivity index (χ4v) is 3.77. The molecule has 0 saturated heterocycles. The first-order valence-corrected chi connectivity index (χ1v) is 9.83. The van der Waals surface area contributed by atoms with Crippen molar-refractivity contribution in [2.45, 2.75) is 25.3 Å². The summed E-state index contributed by atoms with van der Waals surface area (Å²) in [5.74, 6) is 1.05. The van der Waals surface area contributed by atoms with Crippen LogP contribution in [0.3, 0.4) is 0 Å². The van der Waals surface area contributed by atoms with Crippen molar-refractivity contribution in [3.05, 3.63) is 75.2 Å². The zero-order valence-electron chi connectivity index (χ0n) is 14.0. The molecule has 1 unspecified atom stereocenters. The Morgan fingerprint density at radius 3 is 2.73 bits per heavy atom. The maximum Gasteiger partial charge on any atom is 0.137 e. The summed E-state index contributed by atoms with van der Waals surface area (Å²) in [7, 11) is 0. The summed E-state index contributed by atoms with van der Waals surface area (Å²) in [6.45, 7) is 1.33. The molecule has 0 radical (unpaired) electrons. The highest BCUT2D eigenvalue weighted by Gasteiger charge is 2.16. The van der Waals surface area contributed by atoms with E-state index in [1.54, 1.807) is 12.4 Å². The van der Waals surface area contributed by atoms with E-state index in [-0.39, 0.29) is 5.92 Å². The summed E-state index contributed by atoms with van der Waals surface area (Å²) in [4.78, 5) is 4.02. The van der Waals surface area contributed by atoms with Gasteiger partial charge in [-0.3, -0.25) is 4.68 Å². The van der Waals surface area contributed by atoms with Gasteiger partial charge >= 0.3 is 0 Å². The van der Waals surface area contributed by atoms with Crippen LogP contribution in [0.25, 0.3) is 0 Å². The van der Waals surface area contributed by atoms with E-state index in [0.717, 1.165) is 28.6 Å². The number of rotatable bonds is 8. The van der Waals surface area contributed by atoms with Crippen LogP contribution in [-0.4, -0.2) is 21.4 Å². The largest absolute Gasteiger partial charge is 0.492 e. The Bertz CT molecular complexity index is 843. The minimum absolute atomic E-state index is 0.198. The summed E-state index contributed by atoms with van der Waals surface area (Å²) in [5, 5.41) is 5.53. The number of halogens is 3. The zero-order chi connectivity index (χ0) is 18.4. The molecule has 0 amide bonds. The van der Waals surface area contributed by atoms with Crippen molar-refractivity contribution in [2.75, 3.05) is 6.61 Å². The van der Waals surface area contributed by atoms with Crippen molar-refractivity contribution in [1.82, 2.24) is 14.8 Å². The van der Waals surface area contributed by atoms with Crippen LogP contribution >= 0.6 is 39.1 Å². The highest BCUT2D eigenvalue weighted by Crippen LogP contribution is 2.32. The van der Waals surface area contributed by atoms with Crippen LogP contribution in [0.5, 0.6) is 5.75 Å². The molecule has 3 rings (SSSR count). The van der Waals surface area contributed by atoms with Gasteiger partial charge in [-0.05, 0) is 58.6 Å². The molecule has 0 bridgehead atoms. The molecule has 0 N–H and O–H groups in total. The Morgan fingerprint density at radius 1 is 1.15 bits per heavy atom. The zero-order valence-corrected chi connectivity index (χ0v) is 17.1. The van der Waals surface area contributed by atoms with Gasteiger partial charge in [0.05, 0.1) is 11.1 Å². The van der Waals surface area contributed by atoms with Crippen molar-refractivity contribution in [1.29, 1.82) is 0 Å². The number of para-hydroxylation sites is 1. The Hall–Kier alpha value is -1.56. The van der Waals surface area contributed by atoms with Gasteiger partial charge in [0.1, 0.15) is 18.4 Å². The maximum atomic E-state index is 6.43. The number of hydrogen-bond donors (Lipinski definition) is 0. The molecule has 0 aliphatic rings. The highest BCUT2D eigenvalue weighted by atomic mass is 79.9. The third kappa shape index (κ3) is 5.22. The first-order chi connectivity index (χ1) is 12.6. The van der Waals surface area contributed by atoms with Crippen LogP contribution < -0.4 is 4.74 Å². The van der Waals surface area contributed by atoms with Gasteiger partial charge in [0.25, 0.3) is 0 Å². The summed E-state index contributed by atoms with van der Waals surface area (Å²) < 4.78 is 8.65. The van der Waals surface area contributed by atoms with Gasteiger partial charge < -0.3 is 4.74 Å². The van der Waals surface area contributed by atoms with Gasteiger partial charge in [-0.25, -0.2) is 4.98 Å². The van der Waals surface area contributed by atoms with Gasteiger partial charge in [-0.2, -0.15) is 5.10 Å². The minimum atomic E-state index is 0.198. The van der Waals surface area contributed by atoms with E-state index < -0.39 is 0 Å². The molecule has 4 nitrogen and oxygen atoms in total. The molecule has 3 aromatic rings. The fourth-order valence-electron chi connectivity index (χ4n) is 2.80. The summed E-state index contributed by atoms with van der Waals surface area (Å²) in [6, 6.07) is 13.5. The summed E-state index contributed by atoms with van der Waals surface area (Å²) >= 11 is 16.0. The lowest BCUT2D eigenvalue weighted by molar-refractivity contribution is 0.295. The van der Waals surface area contributed by atoms with E-state index >= 15 is 0 Å². The van der Waals surface area contributed by atoms with Crippen LogP contribution in [-0.2, 0) is 6.54 Å². The maximum absolute atomic E-state index is 6.43. The SMILES string of the molecule is Clc1ccc(C(CCCOc2ccccc2Br)Cn2cncn2)c(Cl)c1. The molecular formula is C19H18BrCl2N3O. The second-order valence-electron chi connectivity index (χ2n) is 5.90. The normalized spacial score (nSPS) is 12.1. The van der Waals surface area contributed by atoms with E-state index in [9.17, 15) is 0 Å². The van der Waals surface area contributed by atoms with Crippen LogP contribution in [0.4, 0.5) is 0 Å². The topological polar surface area (TPSA) is 39.9 Å². The van der Waals surface area contributed by atoms with Crippen molar-refractivity contribution >= 4 is 39.1 Å². The Balaban J connectivity index is 1.65. The lowest BCUT2D eigenvalue weighted by Crippen LogP contribution is -2.12. The van der Waals surface area contributed by atoms with Crippen molar-refractivity contribution < 1.29 is 4.74 Å². The van der Waals surface area contributed by atoms with E-state index in [4.69, 9.17) is 27.9 Å². The second kappa shape index (κ2) is 9.40. The molecule has 0 fully saturated rings. The van der Waals surface area contributed by atoms with E-state index in [2.05, 4.69) is 26.0 Å². The molecule has 26 heavy (non-hydrogen) atoms. The Labute approximate surface area is 171 Å². The van der Waals surface area contributed by atoms with Gasteiger partial charge in [0.15, 0.2) is 0 Å². The predicted octanol–water partition coefficient (Wildman–Crippen LogP) is 5.99. The molecule has 0 saturated carbocycles. The lowest BCUT2D eigenvalue weighted by atomic mass is 9.94. The van der Waals surface area contributed by atoms with Gasteiger partial charge in [-0.1, -0.05) is 41.4 Å². The first-order valence-electron chi connectivity index (χ1n) is 8.28. The third-order valence-corrected chi connectivity index (χ3v) is 5.29. The Kier molecular flexibility index (Phi) is 6.94. The smallest absolute Gasteiger partial charge is 0.137 e. The van der Waals surface area contributed by atoms with E-state index in [1.165, 1.54) is 6.33 Å². The van der Waals surface area contributed by atoms with Crippen molar-refractivity contribution in [2.24, 2.45) is 0 Å². The van der Waals surface area contributed by atoms with Crippen LogP contribution in [0.15, 0.2) is 59.6 Å². The molecule has 1 heterocycles. The van der Waals surface area contributed by atoms with Gasteiger partial charge in [0.2, 0.25) is 0 Å². The lowest BCUT2D eigenvalue weighted by Gasteiger charge is -2.19. The van der Waals surface area contributed by atoms with Gasteiger partial charge in [-0.15, -0.1) is 0 Å². The molecule has 1 atom stereocenters. The fraction of sp³-hybridized carbons (Fsp3) is 0.263. The number of nitrogens with zero attached hydrogens (tertiary/aromatic N) is 3. The molecule has 0 spiro atoms. The number of ether oxygens (including phenoxy) is 1. The molecule has 7 heteroatoms. The first kappa shape index (κ1) is 19.2. The van der Waals surface area contributed by atoms with Crippen LogP contribution in [0.1, 0.15) is 24.3 Å². The van der Waals surface area contributed by atoms with E-state index in [1.807, 2.05) is 41.1 Å². The summed E-state index contributed by atoms with van der Waals surface area (Å²) in [5.41, 5.74) is 1.06. The number of hydrogen-bond acceptors (Lipinski definition) is 3. The average molecular weight is 455 g/mol. The molecule has 0 aliphatic carbocycles. The van der Waals surface area contributed by atoms with Crippen LogP contribution in [0.2, 0.25) is 10.0 Å². The molecule has 136 valence electrons. The molecule has 2 aromatic carbocycles. The molecular weight excluding hydrogens is 437 g/mol. The standard InChI is InChI=1S/C19H18BrCl2N3O/c20-17-5-1-2-6-19(17)26-9-3-4-14(11-25-13-23-12-24-25)16-8-7-15(21)10-18(16)22/h1-2,5-8,10,12-14H,3-4,9,11H2. The number of benzene rings is 2. The number of aromatic nitrogens is 3.